The zero-order chi connectivity index (χ0) is 30.5. The highest BCUT2D eigenvalue weighted by molar-refractivity contribution is 5.88. The summed E-state index contributed by atoms with van der Waals surface area (Å²) in [5, 5.41) is 91.4. The molecule has 15 nitrogen and oxygen atoms in total. The van der Waals surface area contributed by atoms with E-state index in [0.717, 1.165) is 12.1 Å². The van der Waals surface area contributed by atoms with Gasteiger partial charge in [0, 0.05) is 17.7 Å². The Bertz CT molecular complexity index is 1470. The molecule has 10 atom stereocenters. The number of aliphatic hydroxyl groups excluding tert-OH is 6. The lowest BCUT2D eigenvalue weighted by atomic mass is 9.97. The Morgan fingerprint density at radius 2 is 1.50 bits per heavy atom. The molecule has 3 heterocycles. The number of rotatable bonds is 6. The Kier molecular flexibility index (Phi) is 8.30. The third-order valence-corrected chi connectivity index (χ3v) is 7.21. The summed E-state index contributed by atoms with van der Waals surface area (Å²) in [4.78, 5) is 13.7. The van der Waals surface area contributed by atoms with Crippen molar-refractivity contribution >= 4 is 11.0 Å². The zero-order valence-electron chi connectivity index (χ0n) is 21.9. The van der Waals surface area contributed by atoms with Gasteiger partial charge in [0.1, 0.15) is 64.8 Å². The van der Waals surface area contributed by atoms with Crippen LogP contribution in [0, 0.1) is 0 Å². The predicted molar refractivity (Wildman–Crippen MR) is 139 cm³/mol. The molecule has 0 unspecified atom stereocenters. The average molecular weight is 595 g/mol. The maximum atomic E-state index is 13.7. The first kappa shape index (κ1) is 30.0. The molecule has 2 saturated heterocycles. The summed E-state index contributed by atoms with van der Waals surface area (Å²) in [5.41, 5.74) is -0.934. The van der Waals surface area contributed by atoms with E-state index in [4.69, 9.17) is 23.4 Å². The zero-order valence-corrected chi connectivity index (χ0v) is 21.9. The van der Waals surface area contributed by atoms with Gasteiger partial charge in [-0.1, -0.05) is 0 Å². The maximum Gasteiger partial charge on any atom is 0.239 e. The lowest BCUT2D eigenvalue weighted by molar-refractivity contribution is -0.355. The molecule has 2 aliphatic rings. The highest BCUT2D eigenvalue weighted by Gasteiger charge is 2.51. The summed E-state index contributed by atoms with van der Waals surface area (Å²) in [6.07, 6.45) is -16.4. The Hall–Kier alpha value is -3.51. The third-order valence-electron chi connectivity index (χ3n) is 7.21. The van der Waals surface area contributed by atoms with E-state index in [1.54, 1.807) is 0 Å². The van der Waals surface area contributed by atoms with Gasteiger partial charge in [0.15, 0.2) is 18.2 Å². The minimum atomic E-state index is -1.88. The first-order valence-corrected chi connectivity index (χ1v) is 12.9. The van der Waals surface area contributed by atoms with Crippen molar-refractivity contribution in [2.24, 2.45) is 0 Å². The fraction of sp³-hybridized carbons (Fsp3) is 0.444. The highest BCUT2D eigenvalue weighted by atomic mass is 16.8. The normalized spacial score (nSPS) is 33.5. The van der Waals surface area contributed by atoms with Crippen LogP contribution in [-0.4, -0.2) is 114 Å². The van der Waals surface area contributed by atoms with Crippen molar-refractivity contribution in [2.75, 3.05) is 6.61 Å². The number of benzene rings is 2. The van der Waals surface area contributed by atoms with Gasteiger partial charge in [0.25, 0.3) is 0 Å². The van der Waals surface area contributed by atoms with Crippen LogP contribution < -0.4 is 10.2 Å². The van der Waals surface area contributed by atoms with Gasteiger partial charge in [-0.05, 0) is 31.2 Å². The second-order valence-corrected chi connectivity index (χ2v) is 10.1. The fourth-order valence-electron chi connectivity index (χ4n) is 4.87. The molecule has 0 bridgehead atoms. The van der Waals surface area contributed by atoms with Crippen molar-refractivity contribution in [3.63, 3.8) is 0 Å². The molecule has 9 N–H and O–H groups in total. The molecule has 5 rings (SSSR count). The first-order chi connectivity index (χ1) is 19.9. The minimum absolute atomic E-state index is 0.103. The number of phenols is 3. The molecule has 0 aliphatic carbocycles. The summed E-state index contributed by atoms with van der Waals surface area (Å²) >= 11 is 0. The Morgan fingerprint density at radius 3 is 2.17 bits per heavy atom. The van der Waals surface area contributed by atoms with Crippen LogP contribution in [0.4, 0.5) is 0 Å². The van der Waals surface area contributed by atoms with E-state index in [-0.39, 0.29) is 28.0 Å². The largest absolute Gasteiger partial charge is 0.508 e. The number of fused-ring (bicyclic) bond motifs is 1. The van der Waals surface area contributed by atoms with Crippen molar-refractivity contribution in [2.45, 2.75) is 68.3 Å². The van der Waals surface area contributed by atoms with Gasteiger partial charge in [-0.2, -0.15) is 0 Å². The monoisotopic (exact) mass is 594 g/mol. The van der Waals surface area contributed by atoms with Gasteiger partial charge in [-0.25, -0.2) is 0 Å². The number of phenolic OH excluding ortho intramolecular Hbond substituents is 3. The first-order valence-electron chi connectivity index (χ1n) is 12.9. The number of hydrogen-bond acceptors (Lipinski definition) is 15. The van der Waals surface area contributed by atoms with Crippen molar-refractivity contribution < 1.29 is 69.3 Å². The van der Waals surface area contributed by atoms with E-state index >= 15 is 0 Å². The summed E-state index contributed by atoms with van der Waals surface area (Å²) in [5.74, 6) is -1.93. The Balaban J connectivity index is 1.58. The smallest absolute Gasteiger partial charge is 0.239 e. The lowest BCUT2D eigenvalue weighted by Crippen LogP contribution is -2.64. The molecule has 228 valence electrons. The van der Waals surface area contributed by atoms with Crippen LogP contribution >= 0.6 is 0 Å². The second-order valence-electron chi connectivity index (χ2n) is 10.1. The number of ether oxygens (including phenoxy) is 4. The van der Waals surface area contributed by atoms with E-state index < -0.39 is 90.7 Å². The Labute approximate surface area is 236 Å². The van der Waals surface area contributed by atoms with Crippen LogP contribution in [0.5, 0.6) is 23.0 Å². The molecule has 0 saturated carbocycles. The van der Waals surface area contributed by atoms with Gasteiger partial charge in [-0.15, -0.1) is 0 Å². The minimum Gasteiger partial charge on any atom is -0.508 e. The summed E-state index contributed by atoms with van der Waals surface area (Å²) < 4.78 is 28.5. The molecule has 42 heavy (non-hydrogen) atoms. The van der Waals surface area contributed by atoms with Crippen LogP contribution in [0.1, 0.15) is 6.92 Å². The van der Waals surface area contributed by atoms with E-state index in [1.807, 2.05) is 0 Å². The molecule has 0 amide bonds. The molecule has 2 fully saturated rings. The molecule has 15 heteroatoms. The van der Waals surface area contributed by atoms with Crippen molar-refractivity contribution in [1.29, 1.82) is 0 Å². The van der Waals surface area contributed by atoms with E-state index in [0.29, 0.717) is 0 Å². The Morgan fingerprint density at radius 1 is 0.810 bits per heavy atom. The maximum absolute atomic E-state index is 13.7. The molecular formula is C27H30O15. The van der Waals surface area contributed by atoms with Gasteiger partial charge in [0.2, 0.25) is 17.5 Å². The predicted octanol–water partition coefficient (Wildman–Crippen LogP) is -1.39. The third kappa shape index (κ3) is 5.37. The lowest BCUT2D eigenvalue weighted by Gasteiger charge is -2.45. The molecule has 0 radical (unpaired) electrons. The van der Waals surface area contributed by atoms with Crippen molar-refractivity contribution in [3.8, 4) is 34.3 Å². The van der Waals surface area contributed by atoms with Crippen molar-refractivity contribution in [1.82, 2.24) is 0 Å². The molecular weight excluding hydrogens is 564 g/mol. The van der Waals surface area contributed by atoms with Gasteiger partial charge in [0.05, 0.1) is 12.7 Å². The van der Waals surface area contributed by atoms with Gasteiger partial charge >= 0.3 is 0 Å². The molecule has 0 spiro atoms. The van der Waals surface area contributed by atoms with Crippen LogP contribution in [0.15, 0.2) is 45.6 Å². The van der Waals surface area contributed by atoms with Crippen LogP contribution in [0.2, 0.25) is 0 Å². The van der Waals surface area contributed by atoms with Gasteiger partial charge in [-0.3, -0.25) is 4.79 Å². The number of hydrogen-bond donors (Lipinski definition) is 9. The van der Waals surface area contributed by atoms with Crippen LogP contribution in [0.3, 0.4) is 0 Å². The second kappa shape index (κ2) is 11.6. The summed E-state index contributed by atoms with van der Waals surface area (Å²) in [6, 6.07) is 7.38. The standard InChI is InChI=1S/C27H30O15/c1-9-17(32)21(36)25(42-26-22(37)20(35)18(33)15(8-28)40-26)27(38-9)41-24-19(34)16-13(31)6-12(30)7-14(16)39-23(24)10-2-4-11(29)5-3-10/h2-7,9,15,17-18,20-22,25-33,35-37H,8H2,1H3/t9-,15+,17-,18+,20-,21+,22+,25+,26+,27-/m0/s1. The van der Waals surface area contributed by atoms with E-state index in [2.05, 4.69) is 0 Å². The molecule has 2 aromatic carbocycles. The quantitative estimate of drug-likeness (QED) is 0.159. The van der Waals surface area contributed by atoms with E-state index in [1.165, 1.54) is 31.2 Å². The van der Waals surface area contributed by atoms with E-state index in [9.17, 15) is 50.8 Å². The van der Waals surface area contributed by atoms with Gasteiger partial charge < -0.3 is 69.3 Å². The number of aromatic hydroxyl groups is 3. The topological polar surface area (TPSA) is 249 Å². The molecule has 1 aromatic heterocycles. The van der Waals surface area contributed by atoms with Crippen LogP contribution in [0.25, 0.3) is 22.3 Å². The fourth-order valence-corrected chi connectivity index (χ4v) is 4.87. The molecule has 3 aromatic rings. The summed E-state index contributed by atoms with van der Waals surface area (Å²) in [7, 11) is 0. The molecule has 2 aliphatic heterocycles. The number of aliphatic hydroxyl groups is 6. The average Bonchev–Trinajstić information content (AvgIpc) is 2.95. The summed E-state index contributed by atoms with van der Waals surface area (Å²) in [6.45, 7) is 0.633. The SMILES string of the molecule is C[C@@H]1O[C@@H](Oc2c(-c3ccc(O)cc3)oc3cc(O)cc(O)c3c2=O)[C@H](O[C@H]2O[C@H](CO)[C@@H](O)[C@H](O)[C@H]2O)[C@H](O)[C@H]1O. The highest BCUT2D eigenvalue weighted by Crippen LogP contribution is 2.38. The van der Waals surface area contributed by atoms with Crippen molar-refractivity contribution in [3.05, 3.63) is 46.6 Å². The van der Waals surface area contributed by atoms with Crippen LogP contribution in [-0.2, 0) is 14.2 Å².